The van der Waals surface area contributed by atoms with Crippen LogP contribution in [-0.2, 0) is 0 Å². The van der Waals surface area contributed by atoms with Crippen LogP contribution >= 0.6 is 27.3 Å². The van der Waals surface area contributed by atoms with Crippen molar-refractivity contribution in [3.63, 3.8) is 0 Å². The van der Waals surface area contributed by atoms with Crippen LogP contribution in [0.15, 0.2) is 53.3 Å². The number of aromatic nitrogens is 2. The van der Waals surface area contributed by atoms with E-state index in [-0.39, 0.29) is 11.7 Å². The molecule has 5 rings (SSSR count). The molecule has 1 amide bonds. The Morgan fingerprint density at radius 1 is 1.06 bits per heavy atom. The molecule has 34 heavy (non-hydrogen) atoms. The molecule has 6 nitrogen and oxygen atoms in total. The second-order valence-corrected chi connectivity index (χ2v) is 10.1. The number of anilines is 3. The fraction of sp³-hybridized carbons (Fsp3) is 0.240. The van der Waals surface area contributed by atoms with Gasteiger partial charge in [-0.15, -0.1) is 11.3 Å². The number of piperazine rings is 1. The number of hydrogen-bond donors (Lipinski definition) is 1. The van der Waals surface area contributed by atoms with E-state index in [1.165, 1.54) is 17.4 Å². The Morgan fingerprint density at radius 2 is 1.79 bits per heavy atom. The molecule has 0 atom stereocenters. The average molecular weight is 540 g/mol. The molecular weight excluding hydrogens is 517 g/mol. The molecule has 0 unspecified atom stereocenters. The van der Waals surface area contributed by atoms with E-state index in [1.54, 1.807) is 12.4 Å². The predicted molar refractivity (Wildman–Crippen MR) is 140 cm³/mol. The van der Waals surface area contributed by atoms with Crippen LogP contribution in [0, 0.1) is 19.7 Å². The van der Waals surface area contributed by atoms with Crippen molar-refractivity contribution in [2.75, 3.05) is 41.3 Å². The van der Waals surface area contributed by atoms with Gasteiger partial charge in [-0.2, -0.15) is 0 Å². The molecule has 174 valence electrons. The van der Waals surface area contributed by atoms with Crippen molar-refractivity contribution in [2.24, 2.45) is 0 Å². The zero-order valence-corrected chi connectivity index (χ0v) is 21.2. The van der Waals surface area contributed by atoms with E-state index in [9.17, 15) is 9.18 Å². The summed E-state index contributed by atoms with van der Waals surface area (Å²) in [4.78, 5) is 27.8. The lowest BCUT2D eigenvalue weighted by Gasteiger charge is -2.37. The van der Waals surface area contributed by atoms with Crippen LogP contribution in [0.1, 0.15) is 20.8 Å². The van der Waals surface area contributed by atoms with Gasteiger partial charge in [0, 0.05) is 30.7 Å². The zero-order valence-electron chi connectivity index (χ0n) is 18.8. The van der Waals surface area contributed by atoms with Gasteiger partial charge in [0.1, 0.15) is 22.8 Å². The molecule has 1 saturated heterocycles. The first-order valence-corrected chi connectivity index (χ1v) is 12.6. The molecule has 3 heterocycles. The molecule has 4 aromatic rings. The molecule has 1 aliphatic heterocycles. The number of benzene rings is 2. The second-order valence-electron chi connectivity index (χ2n) is 8.30. The van der Waals surface area contributed by atoms with Crippen molar-refractivity contribution in [2.45, 2.75) is 13.8 Å². The topological polar surface area (TPSA) is 61.4 Å². The van der Waals surface area contributed by atoms with Gasteiger partial charge in [0.25, 0.3) is 5.91 Å². The third-order valence-corrected chi connectivity index (χ3v) is 7.91. The first-order valence-electron chi connectivity index (χ1n) is 11.0. The average Bonchev–Trinajstić information content (AvgIpc) is 3.18. The third-order valence-electron chi connectivity index (χ3n) is 6.06. The van der Waals surface area contributed by atoms with E-state index in [0.29, 0.717) is 36.7 Å². The number of halogens is 2. The number of thiophene rings is 1. The first-order chi connectivity index (χ1) is 16.4. The summed E-state index contributed by atoms with van der Waals surface area (Å²) in [5, 5.41) is 3.91. The van der Waals surface area contributed by atoms with Crippen LogP contribution in [0.25, 0.3) is 10.2 Å². The van der Waals surface area contributed by atoms with Crippen LogP contribution in [-0.4, -0.2) is 42.1 Å². The van der Waals surface area contributed by atoms with E-state index >= 15 is 0 Å². The van der Waals surface area contributed by atoms with Crippen LogP contribution in [0.3, 0.4) is 0 Å². The monoisotopic (exact) mass is 539 g/mol. The summed E-state index contributed by atoms with van der Waals surface area (Å²) in [6, 6.07) is 12.7. The van der Waals surface area contributed by atoms with E-state index in [2.05, 4.69) is 41.0 Å². The zero-order chi connectivity index (χ0) is 23.8. The summed E-state index contributed by atoms with van der Waals surface area (Å²) in [6.07, 6.45) is 1.55. The lowest BCUT2D eigenvalue weighted by Crippen LogP contribution is -2.47. The summed E-state index contributed by atoms with van der Waals surface area (Å²) in [7, 11) is 0. The maximum atomic E-state index is 14.2. The quantitative estimate of drug-likeness (QED) is 0.355. The third kappa shape index (κ3) is 4.25. The van der Waals surface area contributed by atoms with Crippen molar-refractivity contribution < 1.29 is 9.18 Å². The van der Waals surface area contributed by atoms with E-state index in [1.807, 2.05) is 44.2 Å². The number of carbonyl (C=O) groups is 1. The number of nitrogens with one attached hydrogen (secondary N) is 1. The highest BCUT2D eigenvalue weighted by molar-refractivity contribution is 9.10. The lowest BCUT2D eigenvalue weighted by molar-refractivity contribution is 0.103. The molecule has 1 fully saturated rings. The Labute approximate surface area is 209 Å². The Bertz CT molecular complexity index is 1380. The molecule has 0 bridgehead atoms. The van der Waals surface area contributed by atoms with Crippen LogP contribution in [0.5, 0.6) is 0 Å². The van der Waals surface area contributed by atoms with Crippen molar-refractivity contribution in [1.82, 2.24) is 9.97 Å². The Morgan fingerprint density at radius 3 is 2.53 bits per heavy atom. The van der Waals surface area contributed by atoms with Gasteiger partial charge in [-0.05, 0) is 65.2 Å². The van der Waals surface area contributed by atoms with Gasteiger partial charge in [0.05, 0.1) is 21.6 Å². The number of rotatable bonds is 4. The summed E-state index contributed by atoms with van der Waals surface area (Å²) >= 11 is 4.90. The molecule has 0 spiro atoms. The summed E-state index contributed by atoms with van der Waals surface area (Å²) in [5.74, 6) is 0.452. The molecule has 2 aromatic heterocycles. The predicted octanol–water partition coefficient (Wildman–Crippen LogP) is 5.79. The van der Waals surface area contributed by atoms with Crippen molar-refractivity contribution in [1.29, 1.82) is 0 Å². The standard InChI is InChI=1S/C25H23BrFN5OS/c1-15-7-8-19(17(26)13-15)30-24(33)22-16(2)21-23(28-14-29-25(21)34-22)32-11-9-31(10-12-32)20-6-4-3-5-18(20)27/h3-8,13-14H,9-12H2,1-2H3,(H,30,33). The van der Waals surface area contributed by atoms with Gasteiger partial charge in [-0.3, -0.25) is 4.79 Å². The molecule has 1 N–H and O–H groups in total. The number of aryl methyl sites for hydroxylation is 2. The van der Waals surface area contributed by atoms with Crippen LogP contribution in [0.2, 0.25) is 0 Å². The molecule has 0 aliphatic carbocycles. The smallest absolute Gasteiger partial charge is 0.266 e. The molecule has 2 aromatic carbocycles. The molecule has 9 heteroatoms. The number of hydrogen-bond acceptors (Lipinski definition) is 6. The fourth-order valence-corrected chi connectivity index (χ4v) is 5.91. The largest absolute Gasteiger partial charge is 0.366 e. The number of para-hydroxylation sites is 1. The Hall–Kier alpha value is -3.04. The van der Waals surface area contributed by atoms with Crippen LogP contribution < -0.4 is 15.1 Å². The van der Waals surface area contributed by atoms with Gasteiger partial charge in [-0.25, -0.2) is 14.4 Å². The summed E-state index contributed by atoms with van der Waals surface area (Å²) in [5.41, 5.74) is 3.33. The van der Waals surface area contributed by atoms with E-state index in [4.69, 9.17) is 0 Å². The molecule has 1 aliphatic rings. The van der Waals surface area contributed by atoms with Crippen molar-refractivity contribution in [3.05, 3.63) is 75.1 Å². The van der Waals surface area contributed by atoms with Crippen LogP contribution in [0.4, 0.5) is 21.6 Å². The normalized spacial score (nSPS) is 14.0. The summed E-state index contributed by atoms with van der Waals surface area (Å²) < 4.78 is 15.1. The minimum Gasteiger partial charge on any atom is -0.366 e. The minimum absolute atomic E-state index is 0.166. The van der Waals surface area contributed by atoms with Gasteiger partial charge < -0.3 is 15.1 Å². The fourth-order valence-electron chi connectivity index (χ4n) is 4.28. The molecular formula is C25H23BrFN5OS. The Kier molecular flexibility index (Phi) is 6.22. The minimum atomic E-state index is -0.204. The highest BCUT2D eigenvalue weighted by atomic mass is 79.9. The van der Waals surface area contributed by atoms with Gasteiger partial charge >= 0.3 is 0 Å². The molecule has 0 saturated carbocycles. The number of amides is 1. The lowest BCUT2D eigenvalue weighted by atomic mass is 10.1. The van der Waals surface area contributed by atoms with Crippen molar-refractivity contribution in [3.8, 4) is 0 Å². The van der Waals surface area contributed by atoms with Crippen molar-refractivity contribution >= 4 is 60.6 Å². The van der Waals surface area contributed by atoms with Gasteiger partial charge in [0.2, 0.25) is 0 Å². The van der Waals surface area contributed by atoms with E-state index in [0.717, 1.165) is 37.3 Å². The van der Waals surface area contributed by atoms with Gasteiger partial charge in [-0.1, -0.05) is 18.2 Å². The number of nitrogens with zero attached hydrogens (tertiary/aromatic N) is 4. The van der Waals surface area contributed by atoms with Gasteiger partial charge in [0.15, 0.2) is 0 Å². The highest BCUT2D eigenvalue weighted by Gasteiger charge is 2.25. The highest BCUT2D eigenvalue weighted by Crippen LogP contribution is 2.36. The number of carbonyl (C=O) groups excluding carboxylic acids is 1. The maximum absolute atomic E-state index is 14.2. The second kappa shape index (κ2) is 9.31. The maximum Gasteiger partial charge on any atom is 0.266 e. The summed E-state index contributed by atoms with van der Waals surface area (Å²) in [6.45, 7) is 6.72. The number of fused-ring (bicyclic) bond motifs is 1. The first kappa shape index (κ1) is 22.7. The van der Waals surface area contributed by atoms with E-state index < -0.39 is 0 Å². The molecule has 0 radical (unpaired) electrons. The SMILES string of the molecule is Cc1ccc(NC(=O)c2sc3ncnc(N4CCN(c5ccccc5F)CC4)c3c2C)c(Br)c1. The Balaban J connectivity index is 1.40.